The molecular weight excluding hydrogens is 520 g/mol. The molecule has 40 heavy (non-hydrogen) atoms. The highest BCUT2D eigenvalue weighted by Crippen LogP contribution is 2.40. The molecular formula is C29H33N8O2Si. The molecule has 1 atom stereocenters. The van der Waals surface area contributed by atoms with Crippen LogP contribution in [-0.4, -0.2) is 79.2 Å². The molecule has 0 spiro atoms. The van der Waals surface area contributed by atoms with Gasteiger partial charge in [0.25, 0.3) is 0 Å². The molecule has 11 heteroatoms. The van der Waals surface area contributed by atoms with Crippen molar-refractivity contribution in [1.82, 2.24) is 24.6 Å². The normalized spacial score (nSPS) is 17.6. The second kappa shape index (κ2) is 11.1. The average molecular weight is 554 g/mol. The molecule has 1 saturated heterocycles. The highest BCUT2D eigenvalue weighted by molar-refractivity contribution is 6.15. The van der Waals surface area contributed by atoms with Crippen molar-refractivity contribution in [3.63, 3.8) is 0 Å². The largest absolute Gasteiger partial charge is 0.494 e. The maximum Gasteiger partial charge on any atom is 0.247 e. The molecule has 2 aromatic carbocycles. The Morgan fingerprint density at radius 1 is 1.20 bits per heavy atom. The Kier molecular flexibility index (Phi) is 7.59. The summed E-state index contributed by atoms with van der Waals surface area (Å²) in [4.78, 5) is 26.0. The van der Waals surface area contributed by atoms with E-state index in [1.807, 2.05) is 48.3 Å². The standard InChI is InChI=1S/C29H33N8O2Si/c1-6-28(38)34-22-13-23(26(39-5)15-25(22)36-10-11-37(7-2)29(3,40)17-36)33-27-14-21(30-18-31-27)19-8-9-24-20(12-19)16-32-35(24)4/h6,8-9,12-16,18H,1,7,10-11,17H2,2-5H3,(H,34,38)(H,30,31,33)/t29-/m0/s1. The number of hydrogen-bond donors (Lipinski definition) is 2. The molecule has 1 amide bonds. The molecule has 0 unspecified atom stereocenters. The van der Waals surface area contributed by atoms with Gasteiger partial charge in [-0.3, -0.25) is 14.4 Å². The number of hydrogen-bond acceptors (Lipinski definition) is 8. The van der Waals surface area contributed by atoms with Crippen LogP contribution in [0.4, 0.5) is 22.9 Å². The van der Waals surface area contributed by atoms with Crippen LogP contribution in [0, 0.1) is 0 Å². The molecule has 205 valence electrons. The number of methoxy groups -OCH3 is 1. The third kappa shape index (κ3) is 5.43. The van der Waals surface area contributed by atoms with Gasteiger partial charge in [-0.1, -0.05) is 19.6 Å². The lowest BCUT2D eigenvalue weighted by molar-refractivity contribution is -0.111. The van der Waals surface area contributed by atoms with Crippen molar-refractivity contribution in [2.24, 2.45) is 7.05 Å². The smallest absolute Gasteiger partial charge is 0.247 e. The first-order valence-corrected chi connectivity index (χ1v) is 13.6. The third-order valence-corrected chi connectivity index (χ3v) is 7.77. The van der Waals surface area contributed by atoms with Gasteiger partial charge in [-0.15, -0.1) is 0 Å². The van der Waals surface area contributed by atoms with Crippen molar-refractivity contribution in [3.8, 4) is 17.0 Å². The van der Waals surface area contributed by atoms with Gasteiger partial charge in [0.05, 0.1) is 51.8 Å². The van der Waals surface area contributed by atoms with Gasteiger partial charge in [0.2, 0.25) is 5.91 Å². The maximum atomic E-state index is 12.4. The Morgan fingerprint density at radius 3 is 2.75 bits per heavy atom. The lowest BCUT2D eigenvalue weighted by atomic mass is 10.1. The van der Waals surface area contributed by atoms with Crippen LogP contribution in [0.5, 0.6) is 5.75 Å². The van der Waals surface area contributed by atoms with E-state index in [1.165, 1.54) is 12.4 Å². The van der Waals surface area contributed by atoms with Gasteiger partial charge in [0.15, 0.2) is 0 Å². The van der Waals surface area contributed by atoms with E-state index in [4.69, 9.17) is 4.74 Å². The zero-order valence-electron chi connectivity index (χ0n) is 23.2. The topological polar surface area (TPSA) is 100 Å². The molecule has 0 saturated carbocycles. The SMILES string of the molecule is C=CC(=O)Nc1cc(Nc2cc(-c3ccc4c(cnn4C)c3)ncn2)c(OC)cc1N1CCN(CC)[C@@](C)([Si])C1. The van der Waals surface area contributed by atoms with Crippen LogP contribution >= 0.6 is 0 Å². The molecule has 0 aliphatic carbocycles. The van der Waals surface area contributed by atoms with Crippen molar-refractivity contribution >= 4 is 49.9 Å². The molecule has 2 aromatic heterocycles. The van der Waals surface area contributed by atoms with E-state index >= 15 is 0 Å². The number of nitrogens with one attached hydrogen (secondary N) is 2. The Balaban J connectivity index is 1.49. The van der Waals surface area contributed by atoms with Crippen LogP contribution in [0.3, 0.4) is 0 Å². The monoisotopic (exact) mass is 553 g/mol. The second-order valence-corrected chi connectivity index (χ2v) is 11.1. The van der Waals surface area contributed by atoms with E-state index in [2.05, 4.69) is 72.2 Å². The van der Waals surface area contributed by atoms with Crippen LogP contribution in [0.1, 0.15) is 13.8 Å². The third-order valence-electron chi connectivity index (χ3n) is 7.29. The summed E-state index contributed by atoms with van der Waals surface area (Å²) in [6, 6.07) is 11.8. The van der Waals surface area contributed by atoms with E-state index in [-0.39, 0.29) is 11.1 Å². The molecule has 1 aliphatic rings. The second-order valence-electron chi connectivity index (χ2n) is 9.99. The van der Waals surface area contributed by atoms with Crippen LogP contribution in [0.15, 0.2) is 61.6 Å². The Hall–Kier alpha value is -4.22. The number of ether oxygens (including phenoxy) is 1. The van der Waals surface area contributed by atoms with Gasteiger partial charge >= 0.3 is 0 Å². The molecule has 0 bridgehead atoms. The number of aromatic nitrogens is 4. The summed E-state index contributed by atoms with van der Waals surface area (Å²) in [5.74, 6) is 0.922. The first-order valence-electron chi connectivity index (χ1n) is 13.1. The number of carbonyl (C=O) groups is 1. The van der Waals surface area contributed by atoms with Gasteiger partial charge in [0.1, 0.15) is 17.9 Å². The molecule has 5 rings (SSSR count). The summed E-state index contributed by atoms with van der Waals surface area (Å²) in [5.41, 5.74) is 4.95. The highest BCUT2D eigenvalue weighted by atomic mass is 28.1. The first kappa shape index (κ1) is 27.3. The van der Waals surface area contributed by atoms with Crippen molar-refractivity contribution in [2.45, 2.75) is 19.0 Å². The number of carbonyl (C=O) groups excluding carboxylic acids is 1. The highest BCUT2D eigenvalue weighted by Gasteiger charge is 2.34. The minimum atomic E-state index is -0.291. The molecule has 4 aromatic rings. The Bertz CT molecular complexity index is 1570. The fourth-order valence-corrected chi connectivity index (χ4v) is 5.64. The lowest BCUT2D eigenvalue weighted by Gasteiger charge is -2.48. The number of likely N-dealkylation sites (N-methyl/N-ethyl adjacent to an activating group) is 1. The molecule has 1 aliphatic heterocycles. The number of rotatable bonds is 8. The molecule has 10 nitrogen and oxygen atoms in total. The van der Waals surface area contributed by atoms with E-state index in [0.29, 0.717) is 22.9 Å². The van der Waals surface area contributed by atoms with Gasteiger partial charge in [-0.2, -0.15) is 5.10 Å². The number of anilines is 4. The number of aryl methyl sites for hydroxylation is 1. The summed E-state index contributed by atoms with van der Waals surface area (Å²) < 4.78 is 7.64. The summed E-state index contributed by atoms with van der Waals surface area (Å²) in [6.07, 6.45) is 4.63. The number of benzene rings is 2. The number of nitrogens with zero attached hydrogens (tertiary/aromatic N) is 6. The molecule has 3 radical (unpaired) electrons. The van der Waals surface area contributed by atoms with Crippen LogP contribution < -0.4 is 20.3 Å². The number of fused-ring (bicyclic) bond motifs is 1. The number of piperazine rings is 1. The van der Waals surface area contributed by atoms with Crippen molar-refractivity contribution in [3.05, 3.63) is 61.6 Å². The van der Waals surface area contributed by atoms with E-state index in [0.717, 1.165) is 54.0 Å². The lowest BCUT2D eigenvalue weighted by Crippen LogP contribution is -2.61. The zero-order chi connectivity index (χ0) is 28.4. The predicted octanol–water partition coefficient (Wildman–Crippen LogP) is 3.93. The quantitative estimate of drug-likeness (QED) is 0.250. The molecule has 1 fully saturated rings. The molecule has 3 heterocycles. The summed E-state index contributed by atoms with van der Waals surface area (Å²) in [6.45, 7) is 11.3. The predicted molar refractivity (Wildman–Crippen MR) is 160 cm³/mol. The van der Waals surface area contributed by atoms with Crippen molar-refractivity contribution < 1.29 is 9.53 Å². The Labute approximate surface area is 237 Å². The van der Waals surface area contributed by atoms with E-state index in [1.54, 1.807) is 7.11 Å². The van der Waals surface area contributed by atoms with Gasteiger partial charge < -0.3 is 20.3 Å². The van der Waals surface area contributed by atoms with E-state index in [9.17, 15) is 4.79 Å². The maximum absolute atomic E-state index is 12.4. The van der Waals surface area contributed by atoms with Gasteiger partial charge in [-0.05, 0) is 37.7 Å². The van der Waals surface area contributed by atoms with E-state index < -0.39 is 0 Å². The average Bonchev–Trinajstić information content (AvgIpc) is 3.32. The first-order chi connectivity index (χ1) is 19.2. The van der Waals surface area contributed by atoms with Crippen molar-refractivity contribution in [1.29, 1.82) is 0 Å². The number of amides is 1. The van der Waals surface area contributed by atoms with Crippen LogP contribution in [0.25, 0.3) is 22.2 Å². The van der Waals surface area contributed by atoms with Gasteiger partial charge in [0, 0.05) is 54.9 Å². The zero-order valence-corrected chi connectivity index (χ0v) is 24.2. The fourth-order valence-electron chi connectivity index (χ4n) is 5.18. The molecule has 2 N–H and O–H groups in total. The minimum absolute atomic E-state index is 0.215. The van der Waals surface area contributed by atoms with Crippen molar-refractivity contribution in [2.75, 3.05) is 48.8 Å². The fraction of sp³-hybridized carbons (Fsp3) is 0.310. The summed E-state index contributed by atoms with van der Waals surface area (Å²) in [7, 11) is 7.51. The van der Waals surface area contributed by atoms with Crippen LogP contribution in [-0.2, 0) is 11.8 Å². The minimum Gasteiger partial charge on any atom is -0.494 e. The van der Waals surface area contributed by atoms with Crippen LogP contribution in [0.2, 0.25) is 0 Å². The summed E-state index contributed by atoms with van der Waals surface area (Å²) >= 11 is 0. The Morgan fingerprint density at radius 2 is 2.02 bits per heavy atom. The van der Waals surface area contributed by atoms with Gasteiger partial charge in [-0.25, -0.2) is 9.97 Å². The summed E-state index contributed by atoms with van der Waals surface area (Å²) in [5, 5.41) is 11.5.